The molecule has 2 aliphatic rings. The van der Waals surface area contributed by atoms with Crippen molar-refractivity contribution in [1.29, 1.82) is 0 Å². The molecule has 0 bridgehead atoms. The molecule has 1 aromatic rings. The molecule has 0 aromatic heterocycles. The van der Waals surface area contributed by atoms with Gasteiger partial charge in [-0.2, -0.15) is 0 Å². The molecule has 2 N–H and O–H groups in total. The van der Waals surface area contributed by atoms with Gasteiger partial charge in [-0.05, 0) is 37.3 Å². The number of benzene rings is 1. The Hall–Kier alpha value is -1.06. The van der Waals surface area contributed by atoms with Gasteiger partial charge in [-0.15, -0.1) is 0 Å². The quantitative estimate of drug-likeness (QED) is 0.854. The first-order valence-electron chi connectivity index (χ1n) is 6.97. The molecule has 0 spiro atoms. The standard InChI is InChI=1S/C15H22N2O/c1-18-15-8-4-7-14(15)16-10-12-9-11-5-2-3-6-13(11)17-12/h2-3,5-6,12,14-17H,4,7-10H2,1H3/t12-,14?,15?/m0/s1. The van der Waals surface area contributed by atoms with Gasteiger partial charge in [-0.3, -0.25) is 0 Å². The first-order valence-corrected chi connectivity index (χ1v) is 6.97. The maximum Gasteiger partial charge on any atom is 0.0724 e. The van der Waals surface area contributed by atoms with Gasteiger partial charge in [-0.1, -0.05) is 18.2 Å². The molecule has 2 unspecified atom stereocenters. The minimum atomic E-state index is 0.411. The van der Waals surface area contributed by atoms with E-state index in [0.717, 1.165) is 13.0 Å². The normalized spacial score (nSPS) is 30.2. The second-order valence-electron chi connectivity index (χ2n) is 5.42. The smallest absolute Gasteiger partial charge is 0.0724 e. The minimum absolute atomic E-state index is 0.411. The highest BCUT2D eigenvalue weighted by atomic mass is 16.5. The number of hydrogen-bond donors (Lipinski definition) is 2. The summed E-state index contributed by atoms with van der Waals surface area (Å²) in [5, 5.41) is 7.26. The lowest BCUT2D eigenvalue weighted by atomic mass is 10.1. The Morgan fingerprint density at radius 3 is 3.06 bits per heavy atom. The predicted octanol–water partition coefficient (Wildman–Crippen LogP) is 2.18. The number of anilines is 1. The molecule has 98 valence electrons. The topological polar surface area (TPSA) is 33.3 Å². The fourth-order valence-corrected chi connectivity index (χ4v) is 3.23. The van der Waals surface area contributed by atoms with Crippen LogP contribution in [0.2, 0.25) is 0 Å². The lowest BCUT2D eigenvalue weighted by Gasteiger charge is -2.22. The van der Waals surface area contributed by atoms with Crippen LogP contribution in [0.1, 0.15) is 24.8 Å². The number of para-hydroxylation sites is 1. The highest BCUT2D eigenvalue weighted by Gasteiger charge is 2.28. The third-order valence-electron chi connectivity index (χ3n) is 4.23. The van der Waals surface area contributed by atoms with Crippen LogP contribution in [0.4, 0.5) is 5.69 Å². The van der Waals surface area contributed by atoms with Gasteiger partial charge in [0.05, 0.1) is 6.10 Å². The molecule has 0 radical (unpaired) electrons. The average Bonchev–Trinajstić information content (AvgIpc) is 3.01. The minimum Gasteiger partial charge on any atom is -0.380 e. The summed E-state index contributed by atoms with van der Waals surface area (Å²) >= 11 is 0. The fraction of sp³-hybridized carbons (Fsp3) is 0.600. The number of nitrogens with one attached hydrogen (secondary N) is 2. The highest BCUT2D eigenvalue weighted by Crippen LogP contribution is 2.26. The zero-order valence-corrected chi connectivity index (χ0v) is 11.0. The Balaban J connectivity index is 1.51. The van der Waals surface area contributed by atoms with Crippen LogP contribution in [0.15, 0.2) is 24.3 Å². The van der Waals surface area contributed by atoms with Gasteiger partial charge in [0.1, 0.15) is 0 Å². The number of ether oxygens (including phenoxy) is 1. The van der Waals surface area contributed by atoms with Crippen molar-refractivity contribution in [3.8, 4) is 0 Å². The molecule has 3 heteroatoms. The van der Waals surface area contributed by atoms with E-state index >= 15 is 0 Å². The van der Waals surface area contributed by atoms with Crippen molar-refractivity contribution in [1.82, 2.24) is 5.32 Å². The monoisotopic (exact) mass is 246 g/mol. The Morgan fingerprint density at radius 2 is 2.22 bits per heavy atom. The molecule has 1 saturated carbocycles. The largest absolute Gasteiger partial charge is 0.380 e. The van der Waals surface area contributed by atoms with E-state index in [4.69, 9.17) is 4.74 Å². The molecule has 1 fully saturated rings. The molecular weight excluding hydrogens is 224 g/mol. The molecule has 0 amide bonds. The Labute approximate surface area is 109 Å². The fourth-order valence-electron chi connectivity index (χ4n) is 3.23. The lowest BCUT2D eigenvalue weighted by Crippen LogP contribution is -2.42. The van der Waals surface area contributed by atoms with Gasteiger partial charge in [0, 0.05) is 31.4 Å². The molecule has 1 aliphatic heterocycles. The van der Waals surface area contributed by atoms with Crippen molar-refractivity contribution >= 4 is 5.69 Å². The Kier molecular flexibility index (Phi) is 3.52. The Morgan fingerprint density at radius 1 is 1.33 bits per heavy atom. The van der Waals surface area contributed by atoms with Gasteiger partial charge in [-0.25, -0.2) is 0 Å². The van der Waals surface area contributed by atoms with Gasteiger partial charge < -0.3 is 15.4 Å². The maximum absolute atomic E-state index is 5.52. The third-order valence-corrected chi connectivity index (χ3v) is 4.23. The zero-order chi connectivity index (χ0) is 12.4. The van der Waals surface area contributed by atoms with Crippen molar-refractivity contribution in [3.05, 3.63) is 29.8 Å². The van der Waals surface area contributed by atoms with Gasteiger partial charge in [0.2, 0.25) is 0 Å². The van der Waals surface area contributed by atoms with Crippen LogP contribution in [-0.4, -0.2) is 31.8 Å². The van der Waals surface area contributed by atoms with Crippen LogP contribution in [0.25, 0.3) is 0 Å². The summed E-state index contributed by atoms with van der Waals surface area (Å²) in [5.74, 6) is 0. The number of rotatable bonds is 4. The Bertz CT molecular complexity index is 382. The van der Waals surface area contributed by atoms with Crippen molar-refractivity contribution in [2.75, 3.05) is 19.0 Å². The van der Waals surface area contributed by atoms with E-state index in [0.29, 0.717) is 18.2 Å². The van der Waals surface area contributed by atoms with Crippen LogP contribution < -0.4 is 10.6 Å². The van der Waals surface area contributed by atoms with Gasteiger partial charge in [0.15, 0.2) is 0 Å². The predicted molar refractivity (Wildman–Crippen MR) is 74.0 cm³/mol. The molecular formula is C15H22N2O. The summed E-state index contributed by atoms with van der Waals surface area (Å²) in [4.78, 5) is 0. The third kappa shape index (κ3) is 2.38. The van der Waals surface area contributed by atoms with Gasteiger partial charge >= 0.3 is 0 Å². The average molecular weight is 246 g/mol. The molecule has 1 aliphatic carbocycles. The summed E-state index contributed by atoms with van der Waals surface area (Å²) in [6.45, 7) is 1.03. The zero-order valence-electron chi connectivity index (χ0n) is 11.0. The van der Waals surface area contributed by atoms with E-state index in [9.17, 15) is 0 Å². The lowest BCUT2D eigenvalue weighted by molar-refractivity contribution is 0.0850. The van der Waals surface area contributed by atoms with Crippen LogP contribution in [-0.2, 0) is 11.2 Å². The summed E-state index contributed by atoms with van der Waals surface area (Å²) in [5.41, 5.74) is 2.75. The molecule has 0 saturated heterocycles. The first-order chi connectivity index (χ1) is 8.86. The SMILES string of the molecule is COC1CCCC1NC[C@@H]1Cc2ccccc2N1. The number of fused-ring (bicyclic) bond motifs is 1. The van der Waals surface area contributed by atoms with E-state index in [2.05, 4.69) is 34.9 Å². The molecule has 3 nitrogen and oxygen atoms in total. The van der Waals surface area contributed by atoms with Crippen molar-refractivity contribution in [2.45, 2.75) is 43.9 Å². The number of hydrogen-bond acceptors (Lipinski definition) is 3. The number of methoxy groups -OCH3 is 1. The first kappa shape index (κ1) is 12.0. The van der Waals surface area contributed by atoms with E-state index < -0.39 is 0 Å². The van der Waals surface area contributed by atoms with Crippen LogP contribution in [0.5, 0.6) is 0 Å². The molecule has 1 heterocycles. The van der Waals surface area contributed by atoms with Crippen molar-refractivity contribution < 1.29 is 4.74 Å². The van der Waals surface area contributed by atoms with E-state index in [1.165, 1.54) is 30.5 Å². The molecule has 3 rings (SSSR count). The van der Waals surface area contributed by atoms with Crippen LogP contribution >= 0.6 is 0 Å². The van der Waals surface area contributed by atoms with E-state index in [1.807, 2.05) is 7.11 Å². The van der Waals surface area contributed by atoms with E-state index in [-0.39, 0.29) is 0 Å². The summed E-state index contributed by atoms with van der Waals surface area (Å²) in [6.07, 6.45) is 5.28. The van der Waals surface area contributed by atoms with Crippen LogP contribution in [0, 0.1) is 0 Å². The summed E-state index contributed by atoms with van der Waals surface area (Å²) < 4.78 is 5.52. The molecule has 3 atom stereocenters. The second-order valence-corrected chi connectivity index (χ2v) is 5.42. The second kappa shape index (κ2) is 5.29. The molecule has 18 heavy (non-hydrogen) atoms. The van der Waals surface area contributed by atoms with Crippen LogP contribution in [0.3, 0.4) is 0 Å². The van der Waals surface area contributed by atoms with Crippen molar-refractivity contribution in [2.24, 2.45) is 0 Å². The van der Waals surface area contributed by atoms with Crippen molar-refractivity contribution in [3.63, 3.8) is 0 Å². The molecule has 1 aromatic carbocycles. The van der Waals surface area contributed by atoms with E-state index in [1.54, 1.807) is 0 Å². The maximum atomic E-state index is 5.52. The van der Waals surface area contributed by atoms with Gasteiger partial charge in [0.25, 0.3) is 0 Å². The summed E-state index contributed by atoms with van der Waals surface area (Å²) in [7, 11) is 1.83. The summed E-state index contributed by atoms with van der Waals surface area (Å²) in [6, 6.07) is 9.67. The highest BCUT2D eigenvalue weighted by molar-refractivity contribution is 5.56.